The van der Waals surface area contributed by atoms with Crippen molar-refractivity contribution in [2.24, 2.45) is 0 Å². The van der Waals surface area contributed by atoms with Crippen molar-refractivity contribution in [2.75, 3.05) is 12.5 Å². The third-order valence-corrected chi connectivity index (χ3v) is 13.2. The lowest BCUT2D eigenvalue weighted by molar-refractivity contribution is 0.600. The van der Waals surface area contributed by atoms with Crippen LogP contribution in [0.15, 0.2) is 160 Å². The van der Waals surface area contributed by atoms with Crippen molar-refractivity contribution in [3.63, 3.8) is 0 Å². The van der Waals surface area contributed by atoms with Gasteiger partial charge in [0.25, 0.3) is 0 Å². The smallest absolute Gasteiger partial charge is 0.175 e. The average Bonchev–Trinajstić information content (AvgIpc) is 4.08. The van der Waals surface area contributed by atoms with Gasteiger partial charge < -0.3 is 19.4 Å². The van der Waals surface area contributed by atoms with Gasteiger partial charge in [0.15, 0.2) is 19.7 Å². The molecular weight excluding hydrogens is 777 g/mol. The lowest BCUT2D eigenvalue weighted by Gasteiger charge is -2.09. The van der Waals surface area contributed by atoms with E-state index in [0.29, 0.717) is 16.7 Å². The van der Waals surface area contributed by atoms with E-state index in [1.165, 1.54) is 18.1 Å². The van der Waals surface area contributed by atoms with Crippen LogP contribution in [-0.2, 0) is 19.7 Å². The zero-order valence-electron chi connectivity index (χ0n) is 31.9. The van der Waals surface area contributed by atoms with Gasteiger partial charge in [-0.25, -0.2) is 21.8 Å². The third kappa shape index (κ3) is 6.73. The topological polar surface area (TPSA) is 142 Å². The minimum absolute atomic E-state index is 0.209. The Morgan fingerprint density at radius 1 is 0.458 bits per heavy atom. The summed E-state index contributed by atoms with van der Waals surface area (Å²) < 4.78 is 56.5. The molecule has 59 heavy (non-hydrogen) atoms. The Balaban J connectivity index is 1.28. The second-order valence-electron chi connectivity index (χ2n) is 14.9. The molecule has 6 heterocycles. The first-order valence-corrected chi connectivity index (χ1v) is 22.8. The molecule has 0 radical (unpaired) electrons. The minimum atomic E-state index is -3.43. The van der Waals surface area contributed by atoms with E-state index in [2.05, 4.69) is 69.6 Å². The number of nitrogens with one attached hydrogen (secondary N) is 3. The number of aromatic nitrogens is 4. The average molecular weight is 813 g/mol. The highest BCUT2D eigenvalue weighted by atomic mass is 32.2. The fraction of sp³-hybridized carbons (Fsp3) is 0.0625. The number of nitrogens with zero attached hydrogens (tertiary/aromatic N) is 1. The monoisotopic (exact) mass is 812 g/mol. The molecule has 2 aliphatic rings. The predicted octanol–water partition coefficient (Wildman–Crippen LogP) is 11.0. The maximum absolute atomic E-state index is 12.4. The Hall–Kier alpha value is -6.95. The van der Waals surface area contributed by atoms with Crippen LogP contribution in [0.1, 0.15) is 22.9 Å². The number of fused-ring (bicyclic) bond motifs is 12. The van der Waals surface area contributed by atoms with Crippen molar-refractivity contribution in [1.82, 2.24) is 19.9 Å². The summed E-state index contributed by atoms with van der Waals surface area (Å²) in [7, 11) is -6.86. The van der Waals surface area contributed by atoms with Gasteiger partial charge in [-0.05, 0) is 107 Å². The van der Waals surface area contributed by atoms with Gasteiger partial charge in [-0.3, -0.25) is 0 Å². The molecule has 11 heteroatoms. The van der Waals surface area contributed by atoms with Crippen LogP contribution in [0.25, 0.3) is 89.8 Å². The molecule has 0 amide bonds. The zero-order chi connectivity index (χ0) is 40.5. The van der Waals surface area contributed by atoms with E-state index in [1.54, 1.807) is 48.5 Å². The van der Waals surface area contributed by atoms with Gasteiger partial charge in [0, 0.05) is 40.6 Å². The summed E-state index contributed by atoms with van der Waals surface area (Å²) in [5.41, 5.74) is 13.6. The molecule has 0 saturated carbocycles. The van der Waals surface area contributed by atoms with E-state index >= 15 is 0 Å². The Kier molecular flexibility index (Phi) is 8.55. The maximum atomic E-state index is 12.4. The van der Waals surface area contributed by atoms with Crippen LogP contribution < -0.4 is 0 Å². The van der Waals surface area contributed by atoms with E-state index in [9.17, 15) is 16.8 Å². The van der Waals surface area contributed by atoms with Gasteiger partial charge in [0.1, 0.15) is 11.2 Å². The van der Waals surface area contributed by atoms with Crippen molar-refractivity contribution in [3.05, 3.63) is 163 Å². The van der Waals surface area contributed by atoms with Gasteiger partial charge in [-0.1, -0.05) is 72.8 Å². The number of sulfone groups is 2. The Labute approximate surface area is 340 Å². The highest BCUT2D eigenvalue weighted by molar-refractivity contribution is 7.91. The molecule has 0 fully saturated rings. The summed E-state index contributed by atoms with van der Waals surface area (Å²) in [5.74, 6) is 0.245. The van der Waals surface area contributed by atoms with Crippen molar-refractivity contribution < 1.29 is 21.3 Å². The van der Waals surface area contributed by atoms with E-state index in [4.69, 9.17) is 9.40 Å². The molecular formula is C48H36N4O5S2. The fourth-order valence-electron chi connectivity index (χ4n) is 7.91. The van der Waals surface area contributed by atoms with E-state index < -0.39 is 19.7 Å². The van der Waals surface area contributed by atoms with Crippen LogP contribution in [0.4, 0.5) is 0 Å². The van der Waals surface area contributed by atoms with Crippen molar-refractivity contribution in [2.45, 2.75) is 15.7 Å². The molecule has 0 atom stereocenters. The number of hydrogen-bond acceptors (Lipinski definition) is 6. The number of hydrogen-bond donors (Lipinski definition) is 3. The van der Waals surface area contributed by atoms with Crippen LogP contribution in [0.2, 0.25) is 0 Å². The number of benzene rings is 3. The van der Waals surface area contributed by atoms with Crippen LogP contribution in [0.5, 0.6) is 0 Å². The van der Waals surface area contributed by atoms with Gasteiger partial charge in [0.2, 0.25) is 0 Å². The van der Waals surface area contributed by atoms with Crippen molar-refractivity contribution in [1.29, 1.82) is 0 Å². The van der Waals surface area contributed by atoms with Gasteiger partial charge >= 0.3 is 0 Å². The maximum Gasteiger partial charge on any atom is 0.175 e. The summed E-state index contributed by atoms with van der Waals surface area (Å²) in [6, 6.07) is 38.0. The molecule has 8 aromatic rings. The molecule has 0 spiro atoms. The quantitative estimate of drug-likeness (QED) is 0.153. The van der Waals surface area contributed by atoms with Crippen LogP contribution >= 0.6 is 0 Å². The van der Waals surface area contributed by atoms with Crippen molar-refractivity contribution >= 4 is 76.1 Å². The molecule has 1 aliphatic heterocycles. The van der Waals surface area contributed by atoms with E-state index in [-0.39, 0.29) is 15.7 Å². The Morgan fingerprint density at radius 2 is 0.864 bits per heavy atom. The molecule has 1 aliphatic carbocycles. The molecule has 10 rings (SSSR count). The second kappa shape index (κ2) is 13.9. The van der Waals surface area contributed by atoms with Gasteiger partial charge in [-0.2, -0.15) is 0 Å². The number of allylic oxidation sites excluding steroid dienone is 4. The van der Waals surface area contributed by atoms with E-state index in [0.717, 1.165) is 72.3 Å². The van der Waals surface area contributed by atoms with E-state index in [1.807, 2.05) is 54.6 Å². The summed E-state index contributed by atoms with van der Waals surface area (Å²) in [6.45, 7) is 0. The molecule has 3 N–H and O–H groups in total. The number of H-pyrrole nitrogens is 3. The molecule has 3 aromatic carbocycles. The SMILES string of the molecule is CS(=O)(=O)c1ccc(-c2c3ccc([nH]3)c3nc(c(-c4ccc(C5C=CC=C5)cc4)c4ccc([nH]4)c4ccc([nH]4)c(-c4ccc(S(C)(=O)=O)cc4)c4ccc2o4)C=C3)cc1. The lowest BCUT2D eigenvalue weighted by Crippen LogP contribution is -1.96. The largest absolute Gasteiger partial charge is 0.456 e. The Morgan fingerprint density at radius 3 is 1.37 bits per heavy atom. The minimum Gasteiger partial charge on any atom is -0.456 e. The fourth-order valence-corrected chi connectivity index (χ4v) is 9.17. The summed E-state index contributed by atoms with van der Waals surface area (Å²) in [6.07, 6.45) is 14.9. The number of furan rings is 1. The summed E-state index contributed by atoms with van der Waals surface area (Å²) in [4.78, 5) is 16.5. The number of aromatic amines is 3. The normalized spacial score (nSPS) is 13.6. The van der Waals surface area contributed by atoms with Crippen LogP contribution in [0, 0.1) is 0 Å². The molecule has 5 aromatic heterocycles. The second-order valence-corrected chi connectivity index (χ2v) is 18.9. The van der Waals surface area contributed by atoms with Crippen LogP contribution in [0.3, 0.4) is 0 Å². The molecule has 0 saturated heterocycles. The lowest BCUT2D eigenvalue weighted by atomic mass is 9.96. The molecule has 9 nitrogen and oxygen atoms in total. The summed E-state index contributed by atoms with van der Waals surface area (Å²) >= 11 is 0. The Bertz CT molecular complexity index is 3460. The first kappa shape index (κ1) is 36.4. The first-order chi connectivity index (χ1) is 28.5. The van der Waals surface area contributed by atoms with Crippen LogP contribution in [-0.4, -0.2) is 49.3 Å². The highest BCUT2D eigenvalue weighted by Crippen LogP contribution is 2.37. The molecule has 10 bridgehead atoms. The zero-order valence-corrected chi connectivity index (χ0v) is 33.5. The standard InChI is InChI=1S/C48H36N4O5S2/c1-58(53,54)34-15-11-32(12-16-34)47-42-25-21-38(51-42)36-19-23-40(49-36)46(31-9-7-30(8-10-31)29-5-3-4-6-29)41-24-20-37(50-41)39-22-26-43(52-39)48(45-28-27-44(47)57-45)33-13-17-35(18-14-33)59(2,55)56/h3-29,49,51-52H,1-2H3. The van der Waals surface area contributed by atoms with Gasteiger partial charge in [0.05, 0.1) is 48.8 Å². The molecule has 0 unspecified atom stereocenters. The third-order valence-electron chi connectivity index (χ3n) is 10.9. The number of rotatable bonds is 6. The summed E-state index contributed by atoms with van der Waals surface area (Å²) in [5, 5.41) is 0. The highest BCUT2D eigenvalue weighted by Gasteiger charge is 2.17. The first-order valence-electron chi connectivity index (χ1n) is 19.0. The van der Waals surface area contributed by atoms with Crippen molar-refractivity contribution in [3.8, 4) is 33.4 Å². The predicted molar refractivity (Wildman–Crippen MR) is 237 cm³/mol. The molecule has 290 valence electrons. The van der Waals surface area contributed by atoms with Gasteiger partial charge in [-0.15, -0.1) is 0 Å².